The Labute approximate surface area is 158 Å². The summed E-state index contributed by atoms with van der Waals surface area (Å²) in [6, 6.07) is 15.9. The summed E-state index contributed by atoms with van der Waals surface area (Å²) in [6.07, 6.45) is 0.388. The van der Waals surface area contributed by atoms with E-state index >= 15 is 0 Å². The smallest absolute Gasteiger partial charge is 0.260 e. The van der Waals surface area contributed by atoms with Gasteiger partial charge in [-0.15, -0.1) is 0 Å². The van der Waals surface area contributed by atoms with Crippen LogP contribution in [0.15, 0.2) is 54.6 Å². The predicted molar refractivity (Wildman–Crippen MR) is 101 cm³/mol. The fourth-order valence-electron chi connectivity index (χ4n) is 3.00. The SMILES string of the molecule is O=C(COc1ccc(Cl)cc1)N1CC[C@@H](c2ccccc2)S(=O)(=O)CC1. The molecule has 1 saturated heterocycles. The van der Waals surface area contributed by atoms with E-state index in [9.17, 15) is 13.2 Å². The van der Waals surface area contributed by atoms with E-state index in [0.29, 0.717) is 23.7 Å². The summed E-state index contributed by atoms with van der Waals surface area (Å²) in [5, 5.41) is 0.0204. The molecule has 5 nitrogen and oxygen atoms in total. The Balaban J connectivity index is 1.63. The molecule has 0 unspecified atom stereocenters. The number of hydrogen-bond acceptors (Lipinski definition) is 4. The number of halogens is 1. The lowest BCUT2D eigenvalue weighted by atomic mass is 10.1. The third-order valence-corrected chi connectivity index (χ3v) is 6.82. The summed E-state index contributed by atoms with van der Waals surface area (Å²) in [7, 11) is -3.30. The largest absolute Gasteiger partial charge is 0.484 e. The molecule has 0 N–H and O–H groups in total. The van der Waals surface area contributed by atoms with Crippen molar-refractivity contribution >= 4 is 27.3 Å². The second-order valence-corrected chi connectivity index (χ2v) is 8.92. The second-order valence-electron chi connectivity index (χ2n) is 6.18. The Morgan fingerprint density at radius 1 is 1.08 bits per heavy atom. The van der Waals surface area contributed by atoms with Gasteiger partial charge in [-0.2, -0.15) is 0 Å². The zero-order valence-electron chi connectivity index (χ0n) is 14.2. The first-order valence-electron chi connectivity index (χ1n) is 8.38. The summed E-state index contributed by atoms with van der Waals surface area (Å²) in [4.78, 5) is 14.0. The number of hydrogen-bond donors (Lipinski definition) is 0. The minimum atomic E-state index is -3.30. The molecule has 1 heterocycles. The van der Waals surface area contributed by atoms with Gasteiger partial charge in [0.05, 0.1) is 11.0 Å². The van der Waals surface area contributed by atoms with Crippen LogP contribution in [0.2, 0.25) is 5.02 Å². The van der Waals surface area contributed by atoms with Gasteiger partial charge in [-0.25, -0.2) is 8.42 Å². The van der Waals surface area contributed by atoms with Gasteiger partial charge in [-0.1, -0.05) is 41.9 Å². The minimum absolute atomic E-state index is 0.0424. The Kier molecular flexibility index (Phi) is 5.84. The van der Waals surface area contributed by atoms with Crippen LogP contribution < -0.4 is 4.74 Å². The van der Waals surface area contributed by atoms with Crippen LogP contribution in [-0.4, -0.2) is 44.7 Å². The lowest BCUT2D eigenvalue weighted by Gasteiger charge is -2.20. The lowest BCUT2D eigenvalue weighted by Crippen LogP contribution is -2.37. The first-order chi connectivity index (χ1) is 12.5. The first kappa shape index (κ1) is 18.7. The van der Waals surface area contributed by atoms with Gasteiger partial charge in [0.15, 0.2) is 16.4 Å². The van der Waals surface area contributed by atoms with Crippen molar-refractivity contribution in [3.8, 4) is 5.75 Å². The molecule has 3 rings (SSSR count). The van der Waals surface area contributed by atoms with Crippen LogP contribution in [0, 0.1) is 0 Å². The van der Waals surface area contributed by atoms with E-state index < -0.39 is 15.1 Å². The van der Waals surface area contributed by atoms with Crippen molar-refractivity contribution in [3.05, 3.63) is 65.2 Å². The van der Waals surface area contributed by atoms with Gasteiger partial charge in [0.25, 0.3) is 5.91 Å². The molecule has 0 saturated carbocycles. The van der Waals surface area contributed by atoms with Gasteiger partial charge in [0.2, 0.25) is 0 Å². The van der Waals surface area contributed by atoms with Crippen LogP contribution in [0.3, 0.4) is 0 Å². The molecule has 0 aromatic heterocycles. The van der Waals surface area contributed by atoms with Gasteiger partial charge in [-0.3, -0.25) is 4.79 Å². The zero-order chi connectivity index (χ0) is 18.6. The number of carbonyl (C=O) groups excluding carboxylic acids is 1. The molecule has 1 atom stereocenters. The second kappa shape index (κ2) is 8.10. The average molecular weight is 394 g/mol. The van der Waals surface area contributed by atoms with E-state index in [1.807, 2.05) is 30.3 Å². The quantitative estimate of drug-likeness (QED) is 0.800. The maximum absolute atomic E-state index is 12.6. The van der Waals surface area contributed by atoms with Crippen molar-refractivity contribution in [2.75, 3.05) is 25.4 Å². The van der Waals surface area contributed by atoms with Crippen molar-refractivity contribution in [3.63, 3.8) is 0 Å². The van der Waals surface area contributed by atoms with Crippen molar-refractivity contribution in [2.45, 2.75) is 11.7 Å². The lowest BCUT2D eigenvalue weighted by molar-refractivity contribution is -0.133. The van der Waals surface area contributed by atoms with E-state index in [-0.39, 0.29) is 24.8 Å². The van der Waals surface area contributed by atoms with Gasteiger partial charge in [0.1, 0.15) is 5.75 Å². The van der Waals surface area contributed by atoms with Crippen LogP contribution in [0.1, 0.15) is 17.2 Å². The molecule has 1 fully saturated rings. The standard InChI is InChI=1S/C19H20ClNO4S/c20-16-6-8-17(9-7-16)25-14-19(22)21-11-10-18(26(23,24)13-12-21)15-4-2-1-3-5-15/h1-9,18H,10-14H2/t18-/m0/s1. The maximum Gasteiger partial charge on any atom is 0.260 e. The highest BCUT2D eigenvalue weighted by atomic mass is 35.5. The average Bonchev–Trinajstić information content (AvgIpc) is 2.80. The monoisotopic (exact) mass is 393 g/mol. The van der Waals surface area contributed by atoms with Crippen molar-refractivity contribution in [1.82, 2.24) is 4.90 Å². The first-order valence-corrected chi connectivity index (χ1v) is 10.5. The summed E-state index contributed by atoms with van der Waals surface area (Å²) >= 11 is 5.82. The van der Waals surface area contributed by atoms with Gasteiger partial charge < -0.3 is 9.64 Å². The van der Waals surface area contributed by atoms with Crippen molar-refractivity contribution in [1.29, 1.82) is 0 Å². The number of nitrogens with zero attached hydrogens (tertiary/aromatic N) is 1. The number of sulfone groups is 1. The Morgan fingerprint density at radius 3 is 2.46 bits per heavy atom. The number of carbonyl (C=O) groups is 1. The number of rotatable bonds is 4. The van der Waals surface area contributed by atoms with Gasteiger partial charge in [0, 0.05) is 18.1 Å². The van der Waals surface area contributed by atoms with E-state index in [4.69, 9.17) is 16.3 Å². The molecule has 138 valence electrons. The van der Waals surface area contributed by atoms with Crippen LogP contribution >= 0.6 is 11.6 Å². The molecule has 0 spiro atoms. The van der Waals surface area contributed by atoms with Crippen molar-refractivity contribution < 1.29 is 17.9 Å². The molecule has 0 bridgehead atoms. The van der Waals surface area contributed by atoms with Gasteiger partial charge in [-0.05, 0) is 36.2 Å². The molecular weight excluding hydrogens is 374 g/mol. The highest BCUT2D eigenvalue weighted by Crippen LogP contribution is 2.29. The molecular formula is C19H20ClNO4S. The number of ether oxygens (including phenoxy) is 1. The van der Waals surface area contributed by atoms with Crippen LogP contribution in [0.5, 0.6) is 5.75 Å². The van der Waals surface area contributed by atoms with E-state index in [1.165, 1.54) is 0 Å². The highest BCUT2D eigenvalue weighted by molar-refractivity contribution is 7.91. The molecule has 2 aromatic carbocycles. The molecule has 7 heteroatoms. The van der Waals surface area contributed by atoms with Crippen molar-refractivity contribution in [2.24, 2.45) is 0 Å². The topological polar surface area (TPSA) is 63.7 Å². The molecule has 0 aliphatic carbocycles. The summed E-state index contributed by atoms with van der Waals surface area (Å²) in [5.74, 6) is 0.287. The molecule has 1 aliphatic rings. The summed E-state index contributed by atoms with van der Waals surface area (Å²) in [5.41, 5.74) is 0.777. The third-order valence-electron chi connectivity index (χ3n) is 4.44. The Bertz CT molecular complexity index is 853. The maximum atomic E-state index is 12.6. The van der Waals surface area contributed by atoms with E-state index in [2.05, 4.69) is 0 Å². The fraction of sp³-hybridized carbons (Fsp3) is 0.316. The molecule has 1 aliphatic heterocycles. The minimum Gasteiger partial charge on any atom is -0.484 e. The number of benzene rings is 2. The zero-order valence-corrected chi connectivity index (χ0v) is 15.7. The fourth-order valence-corrected chi connectivity index (χ4v) is 4.92. The Hall–Kier alpha value is -2.05. The van der Waals surface area contributed by atoms with Crippen LogP contribution in [0.4, 0.5) is 0 Å². The van der Waals surface area contributed by atoms with Gasteiger partial charge >= 0.3 is 0 Å². The molecule has 26 heavy (non-hydrogen) atoms. The highest BCUT2D eigenvalue weighted by Gasteiger charge is 2.32. The summed E-state index contributed by atoms with van der Waals surface area (Å²) < 4.78 is 30.7. The molecule has 2 aromatic rings. The molecule has 0 radical (unpaired) electrons. The normalized spacial score (nSPS) is 19.6. The number of amides is 1. The summed E-state index contributed by atoms with van der Waals surface area (Å²) in [6.45, 7) is 0.452. The predicted octanol–water partition coefficient (Wildman–Crippen LogP) is 3.11. The van der Waals surface area contributed by atoms with E-state index in [1.54, 1.807) is 29.2 Å². The van der Waals surface area contributed by atoms with Crippen LogP contribution in [-0.2, 0) is 14.6 Å². The molecule has 1 amide bonds. The Morgan fingerprint density at radius 2 is 1.77 bits per heavy atom. The van der Waals surface area contributed by atoms with E-state index in [0.717, 1.165) is 5.56 Å². The van der Waals surface area contributed by atoms with Crippen LogP contribution in [0.25, 0.3) is 0 Å². The third kappa shape index (κ3) is 4.56.